The first-order valence-corrected chi connectivity index (χ1v) is 6.04. The number of rotatable bonds is 2. The van der Waals surface area contributed by atoms with Gasteiger partial charge in [0.2, 0.25) is 0 Å². The number of nitrogens with one attached hydrogen (secondary N) is 1. The summed E-state index contributed by atoms with van der Waals surface area (Å²) in [6.45, 7) is 0. The van der Waals surface area contributed by atoms with Crippen LogP contribution in [0, 0.1) is 0 Å². The fourth-order valence-electron chi connectivity index (χ4n) is 2.17. The van der Waals surface area contributed by atoms with E-state index >= 15 is 0 Å². The van der Waals surface area contributed by atoms with Gasteiger partial charge < -0.3 is 10.4 Å². The van der Waals surface area contributed by atoms with Gasteiger partial charge in [0.05, 0.1) is 17.7 Å². The van der Waals surface area contributed by atoms with Gasteiger partial charge in [-0.15, -0.1) is 0 Å². The molecule has 0 aliphatic heterocycles. The van der Waals surface area contributed by atoms with Crippen LogP contribution in [-0.4, -0.2) is 23.2 Å². The number of halogens is 3. The van der Waals surface area contributed by atoms with Crippen LogP contribution in [-0.2, 0) is 6.18 Å². The molecule has 1 aromatic rings. The molecule has 0 spiro atoms. The second kappa shape index (κ2) is 5.21. The van der Waals surface area contributed by atoms with E-state index in [0.29, 0.717) is 12.8 Å². The van der Waals surface area contributed by atoms with Crippen molar-refractivity contribution in [1.29, 1.82) is 0 Å². The summed E-state index contributed by atoms with van der Waals surface area (Å²) in [6.07, 6.45) is -2.82. The summed E-state index contributed by atoms with van der Waals surface area (Å²) in [5.41, 5.74) is -0.628. The molecule has 1 fully saturated rings. The van der Waals surface area contributed by atoms with Gasteiger partial charge in [-0.3, -0.25) is 4.79 Å². The van der Waals surface area contributed by atoms with Gasteiger partial charge in [0, 0.05) is 5.56 Å². The Kier molecular flexibility index (Phi) is 3.80. The summed E-state index contributed by atoms with van der Waals surface area (Å²) in [5.74, 6) is -0.459. The first-order valence-electron chi connectivity index (χ1n) is 6.04. The maximum absolute atomic E-state index is 12.4. The Morgan fingerprint density at radius 1 is 1.21 bits per heavy atom. The molecule has 0 unspecified atom stereocenters. The maximum Gasteiger partial charge on any atom is 0.416 e. The normalized spacial score (nSPS) is 23.4. The van der Waals surface area contributed by atoms with Crippen LogP contribution in [0.25, 0.3) is 0 Å². The van der Waals surface area contributed by atoms with Crippen LogP contribution in [0.4, 0.5) is 13.2 Å². The average Bonchev–Trinajstić information content (AvgIpc) is 2.74. The van der Waals surface area contributed by atoms with Crippen molar-refractivity contribution in [1.82, 2.24) is 5.32 Å². The van der Waals surface area contributed by atoms with Crippen LogP contribution < -0.4 is 5.32 Å². The van der Waals surface area contributed by atoms with Gasteiger partial charge in [0.15, 0.2) is 0 Å². The summed E-state index contributed by atoms with van der Waals surface area (Å²) in [7, 11) is 0. The number of benzene rings is 1. The van der Waals surface area contributed by atoms with E-state index in [1.807, 2.05) is 0 Å². The minimum absolute atomic E-state index is 0.159. The third-order valence-corrected chi connectivity index (χ3v) is 3.27. The van der Waals surface area contributed by atoms with E-state index in [0.717, 1.165) is 30.7 Å². The fourth-order valence-corrected chi connectivity index (χ4v) is 2.17. The molecule has 19 heavy (non-hydrogen) atoms. The largest absolute Gasteiger partial charge is 0.416 e. The van der Waals surface area contributed by atoms with Crippen LogP contribution in [0.3, 0.4) is 0 Å². The lowest BCUT2D eigenvalue weighted by molar-refractivity contribution is -0.137. The Labute approximate surface area is 108 Å². The molecule has 1 aliphatic carbocycles. The molecule has 3 nitrogen and oxygen atoms in total. The van der Waals surface area contributed by atoms with E-state index in [1.165, 1.54) is 0 Å². The third-order valence-electron chi connectivity index (χ3n) is 3.27. The van der Waals surface area contributed by atoms with Gasteiger partial charge in [0.25, 0.3) is 5.91 Å². The number of hydrogen-bond donors (Lipinski definition) is 2. The van der Waals surface area contributed by atoms with Gasteiger partial charge >= 0.3 is 6.18 Å². The zero-order valence-electron chi connectivity index (χ0n) is 10.1. The van der Waals surface area contributed by atoms with Gasteiger partial charge in [-0.1, -0.05) is 0 Å². The molecule has 1 saturated carbocycles. The standard InChI is InChI=1S/C13H14F3NO2/c14-13(15,16)9-6-4-8(5-7-9)12(19)17-10-2-1-3-11(10)18/h4-7,10-11,18H,1-3H2,(H,17,19)/t10-,11-/m1/s1. The molecule has 1 aromatic carbocycles. The zero-order valence-corrected chi connectivity index (χ0v) is 10.1. The highest BCUT2D eigenvalue weighted by molar-refractivity contribution is 5.94. The van der Waals surface area contributed by atoms with Gasteiger partial charge in [0.1, 0.15) is 0 Å². The summed E-state index contributed by atoms with van der Waals surface area (Å²) in [4.78, 5) is 11.8. The Bertz CT molecular complexity index is 456. The van der Waals surface area contributed by atoms with E-state index in [-0.39, 0.29) is 11.6 Å². The number of amides is 1. The summed E-state index contributed by atoms with van der Waals surface area (Å²) in [6, 6.07) is 3.72. The third kappa shape index (κ3) is 3.26. The molecule has 2 atom stereocenters. The van der Waals surface area contributed by atoms with Crippen molar-refractivity contribution in [3.8, 4) is 0 Å². The van der Waals surface area contributed by atoms with Crippen LogP contribution in [0.15, 0.2) is 24.3 Å². The monoisotopic (exact) mass is 273 g/mol. The van der Waals surface area contributed by atoms with E-state index in [1.54, 1.807) is 0 Å². The zero-order chi connectivity index (χ0) is 14.0. The van der Waals surface area contributed by atoms with Crippen molar-refractivity contribution >= 4 is 5.91 Å². The lowest BCUT2D eigenvalue weighted by Crippen LogP contribution is -2.39. The Balaban J connectivity index is 2.03. The first kappa shape index (κ1) is 13.9. The summed E-state index contributed by atoms with van der Waals surface area (Å²) >= 11 is 0. The number of aliphatic hydroxyl groups is 1. The van der Waals surface area contributed by atoms with Crippen LogP contribution in [0.1, 0.15) is 35.2 Å². The molecule has 6 heteroatoms. The lowest BCUT2D eigenvalue weighted by Gasteiger charge is -2.16. The molecule has 1 amide bonds. The predicted octanol–water partition coefficient (Wildman–Crippen LogP) is 2.35. The van der Waals surface area contributed by atoms with Crippen LogP contribution in [0.2, 0.25) is 0 Å². The second-order valence-electron chi connectivity index (χ2n) is 4.65. The van der Waals surface area contributed by atoms with E-state index in [2.05, 4.69) is 5.32 Å². The minimum atomic E-state index is -4.41. The highest BCUT2D eigenvalue weighted by Crippen LogP contribution is 2.29. The van der Waals surface area contributed by atoms with E-state index in [9.17, 15) is 23.1 Å². The molecule has 0 radical (unpaired) electrons. The van der Waals surface area contributed by atoms with Crippen molar-refractivity contribution in [2.45, 2.75) is 37.6 Å². The first-order chi connectivity index (χ1) is 8.88. The molecule has 0 saturated heterocycles. The lowest BCUT2D eigenvalue weighted by atomic mass is 10.1. The predicted molar refractivity (Wildman–Crippen MR) is 62.6 cm³/mol. The van der Waals surface area contributed by atoms with Crippen LogP contribution >= 0.6 is 0 Å². The minimum Gasteiger partial charge on any atom is -0.391 e. The number of carbonyl (C=O) groups excluding carboxylic acids is 1. The highest BCUT2D eigenvalue weighted by Gasteiger charge is 2.31. The van der Waals surface area contributed by atoms with Gasteiger partial charge in [-0.2, -0.15) is 13.2 Å². The van der Waals surface area contributed by atoms with E-state index < -0.39 is 23.8 Å². The maximum atomic E-state index is 12.4. The molecule has 0 heterocycles. The summed E-state index contributed by atoms with van der Waals surface area (Å²) < 4.78 is 37.1. The average molecular weight is 273 g/mol. The number of alkyl halides is 3. The molecule has 2 N–H and O–H groups in total. The Hall–Kier alpha value is -1.56. The van der Waals surface area contributed by atoms with Crippen molar-refractivity contribution in [3.63, 3.8) is 0 Å². The Morgan fingerprint density at radius 3 is 2.32 bits per heavy atom. The van der Waals surface area contributed by atoms with Gasteiger partial charge in [-0.25, -0.2) is 0 Å². The van der Waals surface area contributed by atoms with Crippen molar-refractivity contribution < 1.29 is 23.1 Å². The summed E-state index contributed by atoms with van der Waals surface area (Å²) in [5, 5.41) is 12.2. The van der Waals surface area contributed by atoms with Crippen molar-refractivity contribution in [2.75, 3.05) is 0 Å². The molecule has 0 bridgehead atoms. The number of carbonyl (C=O) groups is 1. The van der Waals surface area contributed by atoms with E-state index in [4.69, 9.17) is 0 Å². The molecular weight excluding hydrogens is 259 g/mol. The molecule has 2 rings (SSSR count). The number of aliphatic hydroxyl groups excluding tert-OH is 1. The quantitative estimate of drug-likeness (QED) is 0.869. The smallest absolute Gasteiger partial charge is 0.391 e. The second-order valence-corrected chi connectivity index (χ2v) is 4.65. The number of hydrogen-bond acceptors (Lipinski definition) is 2. The van der Waals surface area contributed by atoms with Gasteiger partial charge in [-0.05, 0) is 43.5 Å². The highest BCUT2D eigenvalue weighted by atomic mass is 19.4. The fraction of sp³-hybridized carbons (Fsp3) is 0.462. The molecule has 104 valence electrons. The molecule has 0 aromatic heterocycles. The SMILES string of the molecule is O=C(N[C@@H]1CCC[C@H]1O)c1ccc(C(F)(F)F)cc1. The Morgan fingerprint density at radius 2 is 1.84 bits per heavy atom. The van der Waals surface area contributed by atoms with Crippen LogP contribution in [0.5, 0.6) is 0 Å². The van der Waals surface area contributed by atoms with Crippen molar-refractivity contribution in [2.24, 2.45) is 0 Å². The topological polar surface area (TPSA) is 49.3 Å². The molecule has 1 aliphatic rings. The molecular formula is C13H14F3NO2. The van der Waals surface area contributed by atoms with Crippen molar-refractivity contribution in [3.05, 3.63) is 35.4 Å².